The number of aliphatic hydroxyl groups is 2. The van der Waals surface area contributed by atoms with Crippen LogP contribution in [0.5, 0.6) is 0 Å². The maximum absolute atomic E-state index is 10.1. The Labute approximate surface area is 157 Å². The fraction of sp³-hybridized carbons (Fsp3) is 0.429. The standard InChI is InChI=1S/C21H28NO3P/c1-13(14-3-6-16(22-2)7-4-14)19-9-15(5-8-21(19)26)20-11-17(24)10-18(12-23)25-20/h3-9,13,17-18,20,22-24H,10-12,26H2,1-2H3. The fourth-order valence-electron chi connectivity index (χ4n) is 3.61. The minimum absolute atomic E-state index is 0.0592. The van der Waals surface area contributed by atoms with E-state index in [9.17, 15) is 10.2 Å². The van der Waals surface area contributed by atoms with Crippen molar-refractivity contribution in [1.82, 2.24) is 0 Å². The van der Waals surface area contributed by atoms with Crippen LogP contribution in [0, 0.1) is 0 Å². The molecule has 0 radical (unpaired) electrons. The Morgan fingerprint density at radius 2 is 1.92 bits per heavy atom. The number of rotatable bonds is 5. The molecule has 3 N–H and O–H groups in total. The van der Waals surface area contributed by atoms with Crippen LogP contribution in [-0.2, 0) is 4.74 Å². The third-order valence-corrected chi connectivity index (χ3v) is 5.76. The molecule has 1 saturated heterocycles. The van der Waals surface area contributed by atoms with Crippen molar-refractivity contribution in [2.75, 3.05) is 19.0 Å². The Kier molecular flexibility index (Phi) is 6.31. The van der Waals surface area contributed by atoms with Crippen LogP contribution in [0.25, 0.3) is 0 Å². The van der Waals surface area contributed by atoms with Gasteiger partial charge in [0.05, 0.1) is 24.9 Å². The molecular formula is C21H28NO3P. The Morgan fingerprint density at radius 1 is 1.19 bits per heavy atom. The van der Waals surface area contributed by atoms with E-state index >= 15 is 0 Å². The van der Waals surface area contributed by atoms with Gasteiger partial charge < -0.3 is 20.3 Å². The van der Waals surface area contributed by atoms with Gasteiger partial charge >= 0.3 is 0 Å². The van der Waals surface area contributed by atoms with Gasteiger partial charge in [0.15, 0.2) is 0 Å². The quantitative estimate of drug-likeness (QED) is 0.706. The summed E-state index contributed by atoms with van der Waals surface area (Å²) in [4.78, 5) is 0. The van der Waals surface area contributed by atoms with Crippen LogP contribution in [0.1, 0.15) is 48.5 Å². The summed E-state index contributed by atoms with van der Waals surface area (Å²) < 4.78 is 5.98. The van der Waals surface area contributed by atoms with Gasteiger partial charge in [0.2, 0.25) is 0 Å². The number of nitrogens with one attached hydrogen (secondary N) is 1. The van der Waals surface area contributed by atoms with Crippen LogP contribution in [0.2, 0.25) is 0 Å². The number of ether oxygens (including phenoxy) is 1. The molecule has 5 heteroatoms. The largest absolute Gasteiger partial charge is 0.394 e. The zero-order valence-electron chi connectivity index (χ0n) is 15.4. The maximum Gasteiger partial charge on any atom is 0.0854 e. The van der Waals surface area contributed by atoms with Crippen LogP contribution in [0.4, 0.5) is 5.69 Å². The lowest BCUT2D eigenvalue weighted by Crippen LogP contribution is -2.33. The summed E-state index contributed by atoms with van der Waals surface area (Å²) in [6, 6.07) is 14.8. The van der Waals surface area contributed by atoms with Crippen LogP contribution in [0.3, 0.4) is 0 Å². The van der Waals surface area contributed by atoms with Gasteiger partial charge in [-0.25, -0.2) is 0 Å². The van der Waals surface area contributed by atoms with Crippen LogP contribution >= 0.6 is 9.24 Å². The highest BCUT2D eigenvalue weighted by Crippen LogP contribution is 2.34. The minimum Gasteiger partial charge on any atom is -0.394 e. The summed E-state index contributed by atoms with van der Waals surface area (Å²) >= 11 is 0. The van der Waals surface area contributed by atoms with Gasteiger partial charge in [-0.15, -0.1) is 9.24 Å². The van der Waals surface area contributed by atoms with E-state index in [1.807, 2.05) is 7.05 Å². The van der Waals surface area contributed by atoms with Crippen LogP contribution < -0.4 is 10.6 Å². The van der Waals surface area contributed by atoms with Gasteiger partial charge in [-0.2, -0.15) is 0 Å². The summed E-state index contributed by atoms with van der Waals surface area (Å²) in [6.45, 7) is 2.14. The monoisotopic (exact) mass is 373 g/mol. The molecular weight excluding hydrogens is 345 g/mol. The highest BCUT2D eigenvalue weighted by molar-refractivity contribution is 7.27. The topological polar surface area (TPSA) is 61.7 Å². The Morgan fingerprint density at radius 3 is 2.58 bits per heavy atom. The van der Waals surface area contributed by atoms with Crippen LogP contribution in [0.15, 0.2) is 42.5 Å². The lowest BCUT2D eigenvalue weighted by atomic mass is 9.89. The maximum atomic E-state index is 10.1. The number of anilines is 1. The lowest BCUT2D eigenvalue weighted by Gasteiger charge is -2.33. The summed E-state index contributed by atoms with van der Waals surface area (Å²) in [5, 5.41) is 23.8. The molecule has 4 nitrogen and oxygen atoms in total. The molecule has 1 aliphatic heterocycles. The highest BCUT2D eigenvalue weighted by Gasteiger charge is 2.29. The van der Waals surface area contributed by atoms with Crippen LogP contribution in [-0.4, -0.2) is 36.1 Å². The van der Waals surface area contributed by atoms with E-state index in [-0.39, 0.29) is 24.7 Å². The Bertz CT molecular complexity index is 735. The summed E-state index contributed by atoms with van der Waals surface area (Å²) in [5.74, 6) is 0.246. The molecule has 0 saturated carbocycles. The zero-order valence-corrected chi connectivity index (χ0v) is 16.5. The molecule has 140 valence electrons. The van der Waals surface area contributed by atoms with Crippen molar-refractivity contribution in [3.63, 3.8) is 0 Å². The molecule has 5 unspecified atom stereocenters. The van der Waals surface area contributed by atoms with Gasteiger partial charge in [-0.3, -0.25) is 0 Å². The van der Waals surface area contributed by atoms with E-state index in [1.54, 1.807) is 0 Å². The number of benzene rings is 2. The molecule has 2 aromatic rings. The average Bonchev–Trinajstić information content (AvgIpc) is 2.67. The Balaban J connectivity index is 1.87. The normalized spacial score (nSPS) is 24.3. The first-order chi connectivity index (χ1) is 12.5. The van der Waals surface area contributed by atoms with Crippen molar-refractivity contribution in [2.45, 2.75) is 44.0 Å². The van der Waals surface area contributed by atoms with E-state index < -0.39 is 6.10 Å². The molecule has 0 aromatic heterocycles. The summed E-state index contributed by atoms with van der Waals surface area (Å²) in [7, 11) is 4.73. The first kappa shape index (κ1) is 19.3. The SMILES string of the molecule is CNc1ccc(C(C)c2cc(C3CC(O)CC(CO)O3)ccc2P)cc1. The molecule has 1 fully saturated rings. The molecule has 5 atom stereocenters. The second-order valence-electron chi connectivity index (χ2n) is 7.04. The smallest absolute Gasteiger partial charge is 0.0854 e. The molecule has 0 aliphatic carbocycles. The first-order valence-electron chi connectivity index (χ1n) is 9.13. The average molecular weight is 373 g/mol. The third kappa shape index (κ3) is 4.27. The fourth-order valence-corrected chi connectivity index (χ4v) is 4.04. The molecule has 26 heavy (non-hydrogen) atoms. The van der Waals surface area contributed by atoms with Crippen molar-refractivity contribution < 1.29 is 14.9 Å². The van der Waals surface area contributed by atoms with E-state index in [0.717, 1.165) is 16.6 Å². The molecule has 2 aromatic carbocycles. The molecule has 1 aliphatic rings. The predicted octanol–water partition coefficient (Wildman–Crippen LogP) is 2.95. The molecule has 1 heterocycles. The first-order valence-corrected chi connectivity index (χ1v) is 9.71. The van der Waals surface area contributed by atoms with E-state index in [0.29, 0.717) is 12.8 Å². The van der Waals surface area contributed by atoms with Crippen molar-refractivity contribution in [2.24, 2.45) is 0 Å². The Hall–Kier alpha value is -1.45. The van der Waals surface area contributed by atoms with Crippen molar-refractivity contribution in [3.8, 4) is 0 Å². The predicted molar refractivity (Wildman–Crippen MR) is 109 cm³/mol. The van der Waals surface area contributed by atoms with Gasteiger partial charge in [0.25, 0.3) is 0 Å². The molecule has 0 bridgehead atoms. The van der Waals surface area contributed by atoms with Crippen molar-refractivity contribution in [3.05, 3.63) is 59.2 Å². The molecule has 0 amide bonds. The summed E-state index contributed by atoms with van der Waals surface area (Å²) in [6.07, 6.45) is 0.151. The van der Waals surface area contributed by atoms with Gasteiger partial charge in [-0.05, 0) is 34.1 Å². The van der Waals surface area contributed by atoms with Crippen molar-refractivity contribution in [1.29, 1.82) is 0 Å². The van der Waals surface area contributed by atoms with E-state index in [4.69, 9.17) is 4.74 Å². The van der Waals surface area contributed by atoms with Crippen molar-refractivity contribution >= 4 is 20.2 Å². The molecule has 0 spiro atoms. The summed E-state index contributed by atoms with van der Waals surface area (Å²) in [5.41, 5.74) is 4.64. The number of aliphatic hydroxyl groups excluding tert-OH is 2. The van der Waals surface area contributed by atoms with Gasteiger partial charge in [0.1, 0.15) is 0 Å². The number of hydrogen-bond donors (Lipinski definition) is 3. The zero-order chi connectivity index (χ0) is 18.7. The second-order valence-corrected chi connectivity index (χ2v) is 7.66. The van der Waals surface area contributed by atoms with Gasteiger partial charge in [-0.1, -0.05) is 37.3 Å². The molecule has 3 rings (SSSR count). The third-order valence-electron chi connectivity index (χ3n) is 5.23. The second kappa shape index (κ2) is 8.49. The lowest BCUT2D eigenvalue weighted by molar-refractivity contribution is -0.113. The highest BCUT2D eigenvalue weighted by atomic mass is 31.0. The number of hydrogen-bond acceptors (Lipinski definition) is 4. The van der Waals surface area contributed by atoms with E-state index in [1.165, 1.54) is 11.1 Å². The minimum atomic E-state index is -0.434. The van der Waals surface area contributed by atoms with Gasteiger partial charge in [0, 0.05) is 31.5 Å². The van der Waals surface area contributed by atoms with E-state index in [2.05, 4.69) is 63.9 Å².